The number of rotatable bonds is 5. The van der Waals surface area contributed by atoms with Gasteiger partial charge >= 0.3 is 0 Å². The predicted molar refractivity (Wildman–Crippen MR) is 129 cm³/mol. The molecule has 3 aliphatic heterocycles. The Bertz CT molecular complexity index is 1190. The number of halogens is 2. The first-order valence-electron chi connectivity index (χ1n) is 11.7. The van der Waals surface area contributed by atoms with Crippen molar-refractivity contribution in [3.63, 3.8) is 0 Å². The van der Waals surface area contributed by atoms with Gasteiger partial charge in [0.05, 0.1) is 18.8 Å². The molecule has 0 spiro atoms. The second-order valence-electron chi connectivity index (χ2n) is 9.24. The quantitative estimate of drug-likeness (QED) is 0.552. The van der Waals surface area contributed by atoms with E-state index in [1.54, 1.807) is 11.1 Å². The van der Waals surface area contributed by atoms with E-state index in [2.05, 4.69) is 17.4 Å². The number of benzene rings is 2. The second kappa shape index (κ2) is 9.36. The highest BCUT2D eigenvalue weighted by molar-refractivity contribution is 5.89. The van der Waals surface area contributed by atoms with Gasteiger partial charge in [0.25, 0.3) is 11.8 Å². The third kappa shape index (κ3) is 4.57. The van der Waals surface area contributed by atoms with E-state index in [1.807, 2.05) is 54.6 Å². The minimum atomic E-state index is -3.10. The molecule has 8 nitrogen and oxygen atoms in total. The van der Waals surface area contributed by atoms with Gasteiger partial charge < -0.3 is 20.3 Å². The van der Waals surface area contributed by atoms with Crippen LogP contribution in [0.3, 0.4) is 0 Å². The van der Waals surface area contributed by atoms with Gasteiger partial charge in [0.15, 0.2) is 0 Å². The molecule has 0 radical (unpaired) electrons. The number of nitrogens with zero attached hydrogens (tertiary/aromatic N) is 2. The number of nitrogens with two attached hydrogens (primary N) is 1. The number of para-hydroxylation sites is 1. The first kappa shape index (κ1) is 24.0. The summed E-state index contributed by atoms with van der Waals surface area (Å²) in [6.07, 6.45) is 1.64. The molecule has 3 heterocycles. The average molecular weight is 496 g/mol. The lowest BCUT2D eigenvalue weighted by Gasteiger charge is -2.45. The Labute approximate surface area is 207 Å². The molecule has 0 saturated carbocycles. The number of nitrogens with one attached hydrogen (secondary N) is 2. The summed E-state index contributed by atoms with van der Waals surface area (Å²) in [6, 6.07) is 15.1. The average Bonchev–Trinajstić information content (AvgIpc) is 3.28. The highest BCUT2D eigenvalue weighted by Gasteiger charge is 2.52. The maximum absolute atomic E-state index is 14.7. The van der Waals surface area contributed by atoms with Crippen LogP contribution in [-0.4, -0.2) is 58.9 Å². The fourth-order valence-electron chi connectivity index (χ4n) is 5.20. The van der Waals surface area contributed by atoms with Crippen LogP contribution in [0.15, 0.2) is 73.5 Å². The van der Waals surface area contributed by atoms with Crippen molar-refractivity contribution in [3.05, 3.63) is 79.0 Å². The van der Waals surface area contributed by atoms with Gasteiger partial charge in [-0.25, -0.2) is 14.2 Å². The van der Waals surface area contributed by atoms with Crippen molar-refractivity contribution >= 4 is 17.4 Å². The van der Waals surface area contributed by atoms with Gasteiger partial charge in [0.2, 0.25) is 5.91 Å². The van der Waals surface area contributed by atoms with Crippen LogP contribution in [-0.2, 0) is 9.59 Å². The summed E-state index contributed by atoms with van der Waals surface area (Å²) in [5, 5.41) is 0. The summed E-state index contributed by atoms with van der Waals surface area (Å²) in [6.45, 7) is 2.79. The molecule has 5 rings (SSSR count). The fraction of sp³-hybridized carbons (Fsp3) is 0.308. The summed E-state index contributed by atoms with van der Waals surface area (Å²) >= 11 is 0. The van der Waals surface area contributed by atoms with Crippen LogP contribution in [0.1, 0.15) is 12.0 Å². The summed E-state index contributed by atoms with van der Waals surface area (Å²) < 4.78 is 35.2. The topological polar surface area (TPSA) is 99.9 Å². The number of piperidine rings is 1. The normalized spacial score (nSPS) is 27.1. The standard InChI is InChI=1S/C26H27F2N5O3/c1-2-21(34)32-13-17(12-26(27,28)15-32)33-14-20(22-23(33)25(35)31-30-24(22)29)16-8-10-19(11-9-16)36-18-6-4-3-5-7-18/h2-11,14,17,22-24,30H,1,12-13,15,29H2,(H,31,35)/t17-,22?,23?,24?/m1/s1. The number of alkyl halides is 2. The molecule has 2 fully saturated rings. The van der Waals surface area contributed by atoms with E-state index >= 15 is 0 Å². The molecule has 4 N–H and O–H groups in total. The van der Waals surface area contributed by atoms with Crippen molar-refractivity contribution in [2.45, 2.75) is 30.6 Å². The van der Waals surface area contributed by atoms with Crippen molar-refractivity contribution < 1.29 is 23.1 Å². The number of hydrazine groups is 1. The maximum atomic E-state index is 14.7. The van der Waals surface area contributed by atoms with Crippen LogP contribution >= 0.6 is 0 Å². The molecule has 2 aromatic rings. The van der Waals surface area contributed by atoms with E-state index in [-0.39, 0.29) is 12.5 Å². The number of carbonyl (C=O) groups excluding carboxylic acids is 2. The Balaban J connectivity index is 1.46. The van der Waals surface area contributed by atoms with Gasteiger partial charge in [-0.15, -0.1) is 0 Å². The van der Waals surface area contributed by atoms with Crippen LogP contribution in [0, 0.1) is 5.92 Å². The lowest BCUT2D eigenvalue weighted by atomic mass is 9.85. The molecule has 2 amide bonds. The monoisotopic (exact) mass is 495 g/mol. The predicted octanol–water partition coefficient (Wildman–Crippen LogP) is 2.46. The van der Waals surface area contributed by atoms with Gasteiger partial charge in [0.1, 0.15) is 17.5 Å². The summed E-state index contributed by atoms with van der Waals surface area (Å²) in [7, 11) is 0. The minimum absolute atomic E-state index is 0.0489. The van der Waals surface area contributed by atoms with Gasteiger partial charge in [-0.3, -0.25) is 15.0 Å². The van der Waals surface area contributed by atoms with Gasteiger partial charge in [0, 0.05) is 25.1 Å². The zero-order chi connectivity index (χ0) is 25.4. The molecule has 4 atom stereocenters. The minimum Gasteiger partial charge on any atom is -0.457 e. The molecule has 0 bridgehead atoms. The van der Waals surface area contributed by atoms with Crippen molar-refractivity contribution in [1.82, 2.24) is 20.7 Å². The Morgan fingerprint density at radius 1 is 1.14 bits per heavy atom. The van der Waals surface area contributed by atoms with E-state index in [4.69, 9.17) is 10.5 Å². The fourth-order valence-corrected chi connectivity index (χ4v) is 5.20. The Hall–Kier alpha value is -3.76. The molecule has 3 unspecified atom stereocenters. The summed E-state index contributed by atoms with van der Waals surface area (Å²) in [5.41, 5.74) is 13.2. The van der Waals surface area contributed by atoms with Crippen LogP contribution in [0.5, 0.6) is 11.5 Å². The zero-order valence-electron chi connectivity index (χ0n) is 19.4. The largest absolute Gasteiger partial charge is 0.457 e. The molecule has 3 aliphatic rings. The molecule has 2 aromatic carbocycles. The van der Waals surface area contributed by atoms with Gasteiger partial charge in [-0.1, -0.05) is 36.9 Å². The Kier molecular flexibility index (Phi) is 6.23. The Morgan fingerprint density at radius 2 is 1.83 bits per heavy atom. The third-order valence-electron chi connectivity index (χ3n) is 6.79. The third-order valence-corrected chi connectivity index (χ3v) is 6.79. The highest BCUT2D eigenvalue weighted by Crippen LogP contribution is 2.42. The van der Waals surface area contributed by atoms with Crippen molar-refractivity contribution in [3.8, 4) is 11.5 Å². The van der Waals surface area contributed by atoms with E-state index in [0.717, 1.165) is 22.1 Å². The summed E-state index contributed by atoms with van der Waals surface area (Å²) in [5.74, 6) is -3.20. The SMILES string of the molecule is C=CC(=O)N1C[C@H](N2C=C(c3ccc(Oc4ccccc4)cc3)C3C(N)NNC(=O)C32)CC(F)(F)C1. The smallest absolute Gasteiger partial charge is 0.267 e. The molecule has 0 aliphatic carbocycles. The van der Waals surface area contributed by atoms with Gasteiger partial charge in [-0.05, 0) is 41.5 Å². The lowest BCUT2D eigenvalue weighted by molar-refractivity contribution is -0.145. The van der Waals surface area contributed by atoms with E-state index in [9.17, 15) is 18.4 Å². The molecule has 0 aromatic heterocycles. The molecule has 2 saturated heterocycles. The first-order valence-corrected chi connectivity index (χ1v) is 11.7. The van der Waals surface area contributed by atoms with Crippen molar-refractivity contribution in [1.29, 1.82) is 0 Å². The van der Waals surface area contributed by atoms with E-state index in [0.29, 0.717) is 11.5 Å². The van der Waals surface area contributed by atoms with E-state index < -0.39 is 49.0 Å². The van der Waals surface area contributed by atoms with Crippen LogP contribution < -0.4 is 21.3 Å². The molecular formula is C26H27F2N5O3. The summed E-state index contributed by atoms with van der Waals surface area (Å²) in [4.78, 5) is 27.8. The van der Waals surface area contributed by atoms with Gasteiger partial charge in [-0.2, -0.15) is 0 Å². The Morgan fingerprint density at radius 3 is 2.53 bits per heavy atom. The number of hydrogen-bond donors (Lipinski definition) is 3. The maximum Gasteiger partial charge on any atom is 0.267 e. The molecule has 188 valence electrons. The highest BCUT2D eigenvalue weighted by atomic mass is 19.3. The molecular weight excluding hydrogens is 468 g/mol. The lowest BCUT2D eigenvalue weighted by Crippen LogP contribution is -2.68. The zero-order valence-corrected chi connectivity index (χ0v) is 19.4. The number of fused-ring (bicyclic) bond motifs is 1. The second-order valence-corrected chi connectivity index (χ2v) is 9.24. The van der Waals surface area contributed by atoms with Crippen LogP contribution in [0.25, 0.3) is 5.57 Å². The molecule has 36 heavy (non-hydrogen) atoms. The van der Waals surface area contributed by atoms with Crippen LogP contribution in [0.2, 0.25) is 0 Å². The first-order chi connectivity index (χ1) is 17.3. The molecule has 10 heteroatoms. The number of carbonyl (C=O) groups is 2. The van der Waals surface area contributed by atoms with E-state index in [1.165, 1.54) is 0 Å². The van der Waals surface area contributed by atoms with Crippen molar-refractivity contribution in [2.75, 3.05) is 13.1 Å². The number of hydrogen-bond acceptors (Lipinski definition) is 6. The number of amides is 2. The number of likely N-dealkylation sites (tertiary alicyclic amines) is 1. The van der Waals surface area contributed by atoms with Crippen molar-refractivity contribution in [2.24, 2.45) is 11.7 Å². The van der Waals surface area contributed by atoms with Crippen LogP contribution in [0.4, 0.5) is 8.78 Å². The number of ether oxygens (including phenoxy) is 1.